The SMILES string of the molecule is CCn1c([C@H]2CCCN(Cc3c(Cl)nc4sccn34)C2)n[nH]c1=O. The van der Waals surface area contributed by atoms with Gasteiger partial charge < -0.3 is 0 Å². The van der Waals surface area contributed by atoms with Crippen LogP contribution in [0.25, 0.3) is 4.96 Å². The summed E-state index contributed by atoms with van der Waals surface area (Å²) in [7, 11) is 0. The van der Waals surface area contributed by atoms with E-state index < -0.39 is 0 Å². The van der Waals surface area contributed by atoms with Gasteiger partial charge in [-0.3, -0.25) is 13.9 Å². The van der Waals surface area contributed by atoms with Gasteiger partial charge in [-0.25, -0.2) is 14.9 Å². The molecule has 0 aliphatic carbocycles. The molecular weight excluding hydrogens is 348 g/mol. The molecule has 24 heavy (non-hydrogen) atoms. The largest absolute Gasteiger partial charge is 0.343 e. The monoisotopic (exact) mass is 366 g/mol. The summed E-state index contributed by atoms with van der Waals surface area (Å²) in [6, 6.07) is 0. The van der Waals surface area contributed by atoms with Crippen molar-refractivity contribution >= 4 is 27.9 Å². The van der Waals surface area contributed by atoms with E-state index in [1.807, 2.05) is 18.5 Å². The Morgan fingerprint density at radius 2 is 2.38 bits per heavy atom. The number of aromatic amines is 1. The summed E-state index contributed by atoms with van der Waals surface area (Å²) in [6.45, 7) is 5.27. The molecule has 3 aromatic rings. The number of rotatable bonds is 4. The van der Waals surface area contributed by atoms with E-state index in [2.05, 4.69) is 24.5 Å². The number of aromatic nitrogens is 5. The Labute approximate surface area is 147 Å². The zero-order valence-electron chi connectivity index (χ0n) is 13.4. The van der Waals surface area contributed by atoms with Gasteiger partial charge in [0.25, 0.3) is 0 Å². The van der Waals surface area contributed by atoms with Crippen molar-refractivity contribution in [2.24, 2.45) is 0 Å². The quantitative estimate of drug-likeness (QED) is 0.769. The van der Waals surface area contributed by atoms with Crippen LogP contribution in [0, 0.1) is 0 Å². The second-order valence-corrected chi connectivity index (χ2v) is 7.34. The Balaban J connectivity index is 1.56. The van der Waals surface area contributed by atoms with Gasteiger partial charge >= 0.3 is 5.69 Å². The molecule has 4 rings (SSSR count). The van der Waals surface area contributed by atoms with Gasteiger partial charge in [0.1, 0.15) is 5.82 Å². The smallest absolute Gasteiger partial charge is 0.297 e. The van der Waals surface area contributed by atoms with E-state index in [9.17, 15) is 4.79 Å². The van der Waals surface area contributed by atoms with Crippen molar-refractivity contribution in [3.63, 3.8) is 0 Å². The third-order valence-electron chi connectivity index (χ3n) is 4.66. The van der Waals surface area contributed by atoms with Crippen molar-refractivity contribution in [1.29, 1.82) is 0 Å². The highest BCUT2D eigenvalue weighted by atomic mass is 35.5. The Morgan fingerprint density at radius 1 is 1.50 bits per heavy atom. The molecule has 0 bridgehead atoms. The van der Waals surface area contributed by atoms with Crippen LogP contribution in [-0.2, 0) is 13.1 Å². The summed E-state index contributed by atoms with van der Waals surface area (Å²) in [5, 5.41) is 9.44. The molecule has 128 valence electrons. The lowest BCUT2D eigenvalue weighted by Crippen LogP contribution is -2.35. The van der Waals surface area contributed by atoms with Crippen LogP contribution in [0.5, 0.6) is 0 Å². The van der Waals surface area contributed by atoms with Gasteiger partial charge in [-0.1, -0.05) is 11.6 Å². The maximum absolute atomic E-state index is 11.8. The number of hydrogen-bond donors (Lipinski definition) is 1. The van der Waals surface area contributed by atoms with Gasteiger partial charge in [0.2, 0.25) is 0 Å². The standard InChI is InChI=1S/C15H19ClN6OS/c1-2-21-13(18-19-14(21)23)10-4-3-5-20(8-10)9-11-12(16)17-15-22(11)6-7-24-15/h6-7,10H,2-5,8-9H2,1H3,(H,19,23)/t10-/m0/s1. The van der Waals surface area contributed by atoms with E-state index in [0.29, 0.717) is 11.7 Å². The Bertz CT molecular complexity index is 909. The van der Waals surface area contributed by atoms with Crippen LogP contribution >= 0.6 is 22.9 Å². The molecule has 0 aromatic carbocycles. The molecule has 0 spiro atoms. The molecule has 1 fully saturated rings. The topological polar surface area (TPSA) is 71.2 Å². The molecule has 1 atom stereocenters. The van der Waals surface area contributed by atoms with Gasteiger partial charge in [0.05, 0.1) is 5.69 Å². The highest BCUT2D eigenvalue weighted by molar-refractivity contribution is 7.15. The lowest BCUT2D eigenvalue weighted by molar-refractivity contribution is 0.192. The lowest BCUT2D eigenvalue weighted by Gasteiger charge is -2.32. The molecule has 0 saturated carbocycles. The molecule has 4 heterocycles. The fourth-order valence-electron chi connectivity index (χ4n) is 3.52. The average Bonchev–Trinajstić information content (AvgIpc) is 3.25. The molecule has 7 nitrogen and oxygen atoms in total. The first kappa shape index (κ1) is 15.9. The molecular formula is C15H19ClN6OS. The maximum atomic E-state index is 11.8. The number of piperidine rings is 1. The Kier molecular flexibility index (Phi) is 4.19. The second-order valence-electron chi connectivity index (χ2n) is 6.11. The minimum Gasteiger partial charge on any atom is -0.297 e. The number of thiazole rings is 1. The fraction of sp³-hybridized carbons (Fsp3) is 0.533. The van der Waals surface area contributed by atoms with Gasteiger partial charge in [-0.2, -0.15) is 5.10 Å². The summed E-state index contributed by atoms with van der Waals surface area (Å²) < 4.78 is 3.80. The zero-order valence-corrected chi connectivity index (χ0v) is 15.0. The van der Waals surface area contributed by atoms with Crippen LogP contribution in [0.1, 0.15) is 37.2 Å². The highest BCUT2D eigenvalue weighted by Crippen LogP contribution is 2.28. The van der Waals surface area contributed by atoms with Crippen LogP contribution in [0.3, 0.4) is 0 Å². The van der Waals surface area contributed by atoms with Crippen molar-refractivity contribution in [2.45, 2.75) is 38.8 Å². The fourth-order valence-corrected chi connectivity index (χ4v) is 4.53. The summed E-state index contributed by atoms with van der Waals surface area (Å²) in [5.41, 5.74) is 0.909. The normalized spacial score (nSPS) is 19.3. The maximum Gasteiger partial charge on any atom is 0.343 e. The number of H-pyrrole nitrogens is 1. The minimum absolute atomic E-state index is 0.122. The molecule has 9 heteroatoms. The molecule has 1 aliphatic rings. The summed E-state index contributed by atoms with van der Waals surface area (Å²) in [6.07, 6.45) is 4.14. The van der Waals surface area contributed by atoms with Crippen molar-refractivity contribution in [1.82, 2.24) is 29.0 Å². The molecule has 0 amide bonds. The third-order valence-corrected chi connectivity index (χ3v) is 5.72. The summed E-state index contributed by atoms with van der Waals surface area (Å²) >= 11 is 7.90. The number of imidazole rings is 1. The minimum atomic E-state index is -0.122. The van der Waals surface area contributed by atoms with Gasteiger partial charge in [0.15, 0.2) is 10.1 Å². The van der Waals surface area contributed by atoms with Crippen molar-refractivity contribution in [3.8, 4) is 0 Å². The van der Waals surface area contributed by atoms with Crippen LogP contribution in [0.4, 0.5) is 0 Å². The molecule has 1 saturated heterocycles. The van der Waals surface area contributed by atoms with Crippen molar-refractivity contribution in [3.05, 3.63) is 38.7 Å². The predicted molar refractivity (Wildman–Crippen MR) is 93.9 cm³/mol. The highest BCUT2D eigenvalue weighted by Gasteiger charge is 2.27. The lowest BCUT2D eigenvalue weighted by atomic mass is 9.97. The van der Waals surface area contributed by atoms with Crippen molar-refractivity contribution in [2.75, 3.05) is 13.1 Å². The zero-order chi connectivity index (χ0) is 16.7. The van der Waals surface area contributed by atoms with E-state index >= 15 is 0 Å². The molecule has 1 aliphatic heterocycles. The molecule has 0 unspecified atom stereocenters. The van der Waals surface area contributed by atoms with E-state index in [-0.39, 0.29) is 11.6 Å². The predicted octanol–water partition coefficient (Wildman–Crippen LogP) is 2.33. The summed E-state index contributed by atoms with van der Waals surface area (Å²) in [4.78, 5) is 19.5. The van der Waals surface area contributed by atoms with Crippen LogP contribution < -0.4 is 5.69 Å². The number of halogens is 1. The van der Waals surface area contributed by atoms with Crippen molar-refractivity contribution < 1.29 is 0 Å². The molecule has 3 aromatic heterocycles. The molecule has 1 N–H and O–H groups in total. The van der Waals surface area contributed by atoms with Crippen LogP contribution in [0.15, 0.2) is 16.4 Å². The second kappa shape index (κ2) is 6.34. The van der Waals surface area contributed by atoms with E-state index in [0.717, 1.165) is 49.0 Å². The summed E-state index contributed by atoms with van der Waals surface area (Å²) in [5.74, 6) is 1.13. The number of hydrogen-bond acceptors (Lipinski definition) is 5. The van der Waals surface area contributed by atoms with E-state index in [1.54, 1.807) is 15.9 Å². The molecule has 0 radical (unpaired) electrons. The van der Waals surface area contributed by atoms with Gasteiger partial charge in [-0.05, 0) is 26.3 Å². The first-order valence-corrected chi connectivity index (χ1v) is 9.40. The van der Waals surface area contributed by atoms with E-state index in [4.69, 9.17) is 11.6 Å². The number of nitrogens with zero attached hydrogens (tertiary/aromatic N) is 5. The first-order chi connectivity index (χ1) is 11.7. The van der Waals surface area contributed by atoms with E-state index in [1.165, 1.54) is 0 Å². The van der Waals surface area contributed by atoms with Crippen LogP contribution in [-0.4, -0.2) is 42.1 Å². The first-order valence-electron chi connectivity index (χ1n) is 8.14. The number of fused-ring (bicyclic) bond motifs is 1. The average molecular weight is 367 g/mol. The number of nitrogens with one attached hydrogen (secondary N) is 1. The Morgan fingerprint density at radius 3 is 3.21 bits per heavy atom. The number of likely N-dealkylation sites (tertiary alicyclic amines) is 1. The van der Waals surface area contributed by atoms with Crippen LogP contribution in [0.2, 0.25) is 5.15 Å². The third kappa shape index (κ3) is 2.68. The van der Waals surface area contributed by atoms with Gasteiger partial charge in [-0.15, -0.1) is 11.3 Å². The van der Waals surface area contributed by atoms with Gasteiger partial charge in [0, 0.05) is 37.1 Å². The Hall–Kier alpha value is -1.64.